The number of aliphatic carboxylic acids is 1. The minimum atomic E-state index is -1.02. The van der Waals surface area contributed by atoms with E-state index in [2.05, 4.69) is 0 Å². The van der Waals surface area contributed by atoms with Crippen LogP contribution in [0.2, 0.25) is 0 Å². The second-order valence-corrected chi connectivity index (χ2v) is 7.52. The quantitative estimate of drug-likeness (QED) is 0.481. The van der Waals surface area contributed by atoms with Crippen molar-refractivity contribution in [1.82, 2.24) is 0 Å². The largest absolute Gasteiger partial charge is 0.489 e. The van der Waals surface area contributed by atoms with Crippen molar-refractivity contribution in [3.05, 3.63) is 106 Å². The number of carboxylic acids is 1. The standard InChI is InChI=1S/C26H19F3O3/c1-15-22(21-9-6-19(28)12-24(21)23(15)13-26(30)31)11-17-3-2-16(10-25(17)29)14-32-20-7-4-18(27)5-8-20/h2-12H,13-14H2,1H3,(H,30,31)/b22-11-. The molecule has 1 N–H and O–H groups in total. The van der Waals surface area contributed by atoms with E-state index >= 15 is 0 Å². The van der Waals surface area contributed by atoms with Crippen LogP contribution in [-0.2, 0) is 11.4 Å². The number of rotatable bonds is 6. The molecule has 0 amide bonds. The molecule has 0 heterocycles. The fourth-order valence-corrected chi connectivity index (χ4v) is 3.76. The van der Waals surface area contributed by atoms with Crippen LogP contribution < -0.4 is 4.74 Å². The lowest BCUT2D eigenvalue weighted by Crippen LogP contribution is -1.97. The minimum absolute atomic E-state index is 0.114. The second kappa shape index (κ2) is 8.75. The summed E-state index contributed by atoms with van der Waals surface area (Å²) in [4.78, 5) is 11.3. The summed E-state index contributed by atoms with van der Waals surface area (Å²) in [6.45, 7) is 1.87. The summed E-state index contributed by atoms with van der Waals surface area (Å²) in [6.07, 6.45) is 1.39. The highest BCUT2D eigenvalue weighted by Gasteiger charge is 2.25. The molecule has 4 rings (SSSR count). The highest BCUT2D eigenvalue weighted by molar-refractivity contribution is 6.07. The zero-order chi connectivity index (χ0) is 22.8. The van der Waals surface area contributed by atoms with Crippen LogP contribution >= 0.6 is 0 Å². The lowest BCUT2D eigenvalue weighted by atomic mass is 10.00. The van der Waals surface area contributed by atoms with E-state index in [9.17, 15) is 23.1 Å². The number of ether oxygens (including phenoxy) is 1. The van der Waals surface area contributed by atoms with E-state index in [1.54, 1.807) is 31.2 Å². The Hall–Kier alpha value is -3.80. The molecule has 0 aromatic heterocycles. The van der Waals surface area contributed by atoms with Crippen molar-refractivity contribution in [2.75, 3.05) is 0 Å². The second-order valence-electron chi connectivity index (χ2n) is 7.52. The molecule has 0 fully saturated rings. The highest BCUT2D eigenvalue weighted by atomic mass is 19.1. The van der Waals surface area contributed by atoms with Crippen LogP contribution in [-0.4, -0.2) is 11.1 Å². The molecule has 3 nitrogen and oxygen atoms in total. The Morgan fingerprint density at radius 1 is 0.938 bits per heavy atom. The zero-order valence-corrected chi connectivity index (χ0v) is 17.2. The zero-order valence-electron chi connectivity index (χ0n) is 17.2. The van der Waals surface area contributed by atoms with Crippen LogP contribution in [0.3, 0.4) is 0 Å². The number of hydrogen-bond donors (Lipinski definition) is 1. The molecule has 3 aromatic rings. The van der Waals surface area contributed by atoms with Crippen LogP contribution in [0.5, 0.6) is 5.75 Å². The number of carboxylic acid groups (broad SMARTS) is 1. The Morgan fingerprint density at radius 3 is 2.34 bits per heavy atom. The van der Waals surface area contributed by atoms with E-state index in [-0.39, 0.29) is 18.8 Å². The molecule has 0 saturated heterocycles. The number of benzene rings is 3. The van der Waals surface area contributed by atoms with Gasteiger partial charge in [0.15, 0.2) is 0 Å². The smallest absolute Gasteiger partial charge is 0.307 e. The fourth-order valence-electron chi connectivity index (χ4n) is 3.76. The van der Waals surface area contributed by atoms with E-state index in [4.69, 9.17) is 4.74 Å². The molecular formula is C26H19F3O3. The molecule has 162 valence electrons. The van der Waals surface area contributed by atoms with Gasteiger partial charge in [-0.05, 0) is 88.9 Å². The summed E-state index contributed by atoms with van der Waals surface area (Å²) in [5.41, 5.74) is 3.95. The summed E-state index contributed by atoms with van der Waals surface area (Å²) < 4.78 is 47.2. The van der Waals surface area contributed by atoms with Crippen LogP contribution in [0, 0.1) is 17.5 Å². The molecule has 0 radical (unpaired) electrons. The Bertz CT molecular complexity index is 1260. The SMILES string of the molecule is CC1=C(CC(=O)O)c2cc(F)ccc2/C1=C\c1ccc(COc2ccc(F)cc2)cc1F. The number of hydrogen-bond acceptors (Lipinski definition) is 2. The van der Waals surface area contributed by atoms with Crippen molar-refractivity contribution >= 4 is 23.2 Å². The summed E-state index contributed by atoms with van der Waals surface area (Å²) in [7, 11) is 0. The highest BCUT2D eigenvalue weighted by Crippen LogP contribution is 2.44. The van der Waals surface area contributed by atoms with Gasteiger partial charge in [-0.2, -0.15) is 0 Å². The topological polar surface area (TPSA) is 46.5 Å². The predicted octanol–water partition coefficient (Wildman–Crippen LogP) is 6.49. The number of carbonyl (C=O) groups is 1. The first-order valence-electron chi connectivity index (χ1n) is 9.92. The van der Waals surface area contributed by atoms with Gasteiger partial charge >= 0.3 is 5.97 Å². The molecule has 0 atom stereocenters. The van der Waals surface area contributed by atoms with Gasteiger partial charge in [-0.15, -0.1) is 0 Å². The summed E-state index contributed by atoms with van der Waals surface area (Å²) >= 11 is 0. The van der Waals surface area contributed by atoms with Gasteiger partial charge in [-0.3, -0.25) is 4.79 Å². The third kappa shape index (κ3) is 4.44. The lowest BCUT2D eigenvalue weighted by Gasteiger charge is -2.09. The van der Waals surface area contributed by atoms with E-state index in [0.29, 0.717) is 44.7 Å². The van der Waals surface area contributed by atoms with Gasteiger partial charge in [0.25, 0.3) is 0 Å². The molecule has 1 aliphatic carbocycles. The van der Waals surface area contributed by atoms with Crippen LogP contribution in [0.15, 0.2) is 66.2 Å². The van der Waals surface area contributed by atoms with Crippen molar-refractivity contribution < 1.29 is 27.8 Å². The first-order chi connectivity index (χ1) is 15.3. The molecule has 0 bridgehead atoms. The normalized spacial score (nSPS) is 14.1. The Balaban J connectivity index is 1.62. The molecule has 3 aromatic carbocycles. The molecular weight excluding hydrogens is 417 g/mol. The molecule has 1 aliphatic rings. The van der Waals surface area contributed by atoms with Crippen LogP contribution in [0.1, 0.15) is 35.6 Å². The maximum Gasteiger partial charge on any atom is 0.307 e. The average Bonchev–Trinajstić information content (AvgIpc) is 2.99. The van der Waals surface area contributed by atoms with Gasteiger partial charge in [0.1, 0.15) is 29.8 Å². The van der Waals surface area contributed by atoms with Gasteiger partial charge in [0, 0.05) is 5.56 Å². The number of halogens is 3. The first kappa shape index (κ1) is 21.4. The lowest BCUT2D eigenvalue weighted by molar-refractivity contribution is -0.135. The van der Waals surface area contributed by atoms with E-state index in [1.165, 1.54) is 42.5 Å². The molecule has 6 heteroatoms. The van der Waals surface area contributed by atoms with Gasteiger partial charge in [0.05, 0.1) is 6.42 Å². The first-order valence-corrected chi connectivity index (χ1v) is 9.92. The van der Waals surface area contributed by atoms with Crippen molar-refractivity contribution in [1.29, 1.82) is 0 Å². The van der Waals surface area contributed by atoms with Crippen LogP contribution in [0.4, 0.5) is 13.2 Å². The van der Waals surface area contributed by atoms with Gasteiger partial charge < -0.3 is 9.84 Å². The monoisotopic (exact) mass is 436 g/mol. The van der Waals surface area contributed by atoms with Crippen LogP contribution in [0.25, 0.3) is 17.2 Å². The average molecular weight is 436 g/mol. The Morgan fingerprint density at radius 2 is 1.66 bits per heavy atom. The summed E-state index contributed by atoms with van der Waals surface area (Å²) in [5.74, 6) is -1.85. The third-order valence-corrected chi connectivity index (χ3v) is 5.37. The maximum atomic E-state index is 14.8. The van der Waals surface area contributed by atoms with E-state index in [0.717, 1.165) is 0 Å². The molecule has 0 spiro atoms. The summed E-state index contributed by atoms with van der Waals surface area (Å²) in [6, 6.07) is 14.4. The van der Waals surface area contributed by atoms with Crippen molar-refractivity contribution in [3.63, 3.8) is 0 Å². The van der Waals surface area contributed by atoms with E-state index < -0.39 is 17.6 Å². The summed E-state index contributed by atoms with van der Waals surface area (Å²) in [5, 5.41) is 9.25. The number of allylic oxidation sites excluding steroid dienone is 2. The minimum Gasteiger partial charge on any atom is -0.489 e. The van der Waals surface area contributed by atoms with Gasteiger partial charge in [-0.25, -0.2) is 13.2 Å². The molecule has 0 aliphatic heterocycles. The maximum absolute atomic E-state index is 14.8. The van der Waals surface area contributed by atoms with E-state index in [1.807, 2.05) is 0 Å². The third-order valence-electron chi connectivity index (χ3n) is 5.37. The van der Waals surface area contributed by atoms with Crippen molar-refractivity contribution in [3.8, 4) is 5.75 Å². The Kier molecular flexibility index (Phi) is 5.86. The van der Waals surface area contributed by atoms with Gasteiger partial charge in [0.2, 0.25) is 0 Å². The van der Waals surface area contributed by atoms with Crippen molar-refractivity contribution in [2.45, 2.75) is 20.0 Å². The van der Waals surface area contributed by atoms with Gasteiger partial charge in [-0.1, -0.05) is 18.2 Å². The molecule has 0 unspecified atom stereocenters. The molecule has 0 saturated carbocycles. The number of fused-ring (bicyclic) bond motifs is 1. The van der Waals surface area contributed by atoms with Crippen molar-refractivity contribution in [2.24, 2.45) is 0 Å². The predicted molar refractivity (Wildman–Crippen MR) is 116 cm³/mol. The Labute approximate surface area is 183 Å². The molecule has 32 heavy (non-hydrogen) atoms. The fraction of sp³-hybridized carbons (Fsp3) is 0.115.